The molecule has 1 amide bonds. The Balaban J connectivity index is 2.19. The van der Waals surface area contributed by atoms with Crippen LogP contribution in [0, 0.1) is 6.92 Å². The fourth-order valence-corrected chi connectivity index (χ4v) is 2.68. The number of ether oxygens (including phenoxy) is 1. The fraction of sp³-hybridized carbons (Fsp3) is 0.462. The summed E-state index contributed by atoms with van der Waals surface area (Å²) in [6.45, 7) is 4.37. The number of benzene rings is 1. The van der Waals surface area contributed by atoms with Crippen LogP contribution in [-0.2, 0) is 9.53 Å². The molecule has 1 atom stereocenters. The monoisotopic (exact) mass is 331 g/mol. The molecule has 2 rings (SSSR count). The van der Waals surface area contributed by atoms with Crippen molar-refractivity contribution in [2.24, 2.45) is 0 Å². The number of aryl methyl sites for hydroxylation is 1. The number of halogens is 2. The Morgan fingerprint density at radius 2 is 2.28 bits per heavy atom. The first kappa shape index (κ1) is 13.8. The van der Waals surface area contributed by atoms with Gasteiger partial charge in [0.15, 0.2) is 0 Å². The van der Waals surface area contributed by atoms with E-state index in [-0.39, 0.29) is 5.91 Å². The van der Waals surface area contributed by atoms with Crippen LogP contribution >= 0.6 is 27.5 Å². The fourth-order valence-electron chi connectivity index (χ4n) is 1.95. The minimum atomic E-state index is -0.725. The van der Waals surface area contributed by atoms with Crippen LogP contribution in [0.5, 0.6) is 0 Å². The Hall–Kier alpha value is -0.580. The summed E-state index contributed by atoms with van der Waals surface area (Å²) in [7, 11) is 0. The van der Waals surface area contributed by atoms with Crippen molar-refractivity contribution in [1.29, 1.82) is 0 Å². The van der Waals surface area contributed by atoms with Crippen molar-refractivity contribution in [2.75, 3.05) is 11.9 Å². The highest BCUT2D eigenvalue weighted by Gasteiger charge is 2.37. The van der Waals surface area contributed by atoms with Gasteiger partial charge < -0.3 is 10.1 Å². The van der Waals surface area contributed by atoms with E-state index in [0.717, 1.165) is 22.9 Å². The molecule has 18 heavy (non-hydrogen) atoms. The maximum Gasteiger partial charge on any atom is 0.256 e. The summed E-state index contributed by atoms with van der Waals surface area (Å²) in [5.41, 5.74) is 0.911. The van der Waals surface area contributed by atoms with Gasteiger partial charge in [0.2, 0.25) is 0 Å². The number of rotatable bonds is 2. The summed E-state index contributed by atoms with van der Waals surface area (Å²) in [6.07, 6.45) is 1.66. The number of hydrogen-bond acceptors (Lipinski definition) is 2. The molecule has 0 radical (unpaired) electrons. The van der Waals surface area contributed by atoms with Gasteiger partial charge in [0.25, 0.3) is 5.91 Å². The van der Waals surface area contributed by atoms with E-state index in [4.69, 9.17) is 16.3 Å². The first-order valence-corrected chi connectivity index (χ1v) is 7.00. The quantitative estimate of drug-likeness (QED) is 0.891. The largest absolute Gasteiger partial charge is 0.365 e. The Bertz CT molecular complexity index is 484. The van der Waals surface area contributed by atoms with Gasteiger partial charge in [-0.15, -0.1) is 0 Å². The molecular weight excluding hydrogens is 318 g/mol. The standard InChI is InChI=1S/C13H15BrClNO2/c1-8-6-9(14)11(7-10(8)15)16-12(17)13(2)4-3-5-18-13/h6-7H,3-5H2,1-2H3,(H,16,17). The second kappa shape index (κ2) is 5.19. The second-order valence-corrected chi connectivity index (χ2v) is 5.98. The van der Waals surface area contributed by atoms with E-state index in [2.05, 4.69) is 21.2 Å². The van der Waals surface area contributed by atoms with Gasteiger partial charge in [-0.3, -0.25) is 4.79 Å². The van der Waals surface area contributed by atoms with E-state index < -0.39 is 5.60 Å². The van der Waals surface area contributed by atoms with Crippen LogP contribution in [0.2, 0.25) is 5.02 Å². The lowest BCUT2D eigenvalue weighted by atomic mass is 10.0. The molecule has 3 nitrogen and oxygen atoms in total. The molecule has 0 bridgehead atoms. The molecule has 98 valence electrons. The molecule has 0 spiro atoms. The third-order valence-corrected chi connectivity index (χ3v) is 4.26. The van der Waals surface area contributed by atoms with Gasteiger partial charge in [0.1, 0.15) is 5.60 Å². The summed E-state index contributed by atoms with van der Waals surface area (Å²) in [5.74, 6) is -0.124. The van der Waals surface area contributed by atoms with Crippen LogP contribution in [-0.4, -0.2) is 18.1 Å². The predicted octanol–water partition coefficient (Wildman–Crippen LogP) is 3.92. The van der Waals surface area contributed by atoms with Crippen LogP contribution in [0.3, 0.4) is 0 Å². The number of anilines is 1. The average molecular weight is 333 g/mol. The maximum absolute atomic E-state index is 12.2. The highest BCUT2D eigenvalue weighted by molar-refractivity contribution is 9.10. The van der Waals surface area contributed by atoms with Gasteiger partial charge in [0, 0.05) is 16.1 Å². The zero-order valence-electron chi connectivity index (χ0n) is 10.3. The minimum Gasteiger partial charge on any atom is -0.365 e. The average Bonchev–Trinajstić information content (AvgIpc) is 2.74. The van der Waals surface area contributed by atoms with Crippen LogP contribution in [0.25, 0.3) is 0 Å². The molecule has 1 saturated heterocycles. The highest BCUT2D eigenvalue weighted by atomic mass is 79.9. The van der Waals surface area contributed by atoms with Gasteiger partial charge in [-0.25, -0.2) is 0 Å². The normalized spacial score (nSPS) is 23.1. The summed E-state index contributed by atoms with van der Waals surface area (Å²) in [6, 6.07) is 3.63. The Labute approximate surface area is 120 Å². The van der Waals surface area contributed by atoms with E-state index in [1.165, 1.54) is 0 Å². The van der Waals surface area contributed by atoms with Gasteiger partial charge >= 0.3 is 0 Å². The van der Waals surface area contributed by atoms with Crippen molar-refractivity contribution in [3.05, 3.63) is 27.2 Å². The zero-order valence-corrected chi connectivity index (χ0v) is 12.7. The first-order valence-electron chi connectivity index (χ1n) is 5.83. The molecule has 1 aromatic rings. The molecular formula is C13H15BrClNO2. The summed E-state index contributed by atoms with van der Waals surface area (Å²) in [4.78, 5) is 12.2. The predicted molar refractivity (Wildman–Crippen MR) is 76.1 cm³/mol. The van der Waals surface area contributed by atoms with E-state index >= 15 is 0 Å². The molecule has 1 aromatic carbocycles. The Kier molecular flexibility index (Phi) is 3.99. The second-order valence-electron chi connectivity index (χ2n) is 4.72. The van der Waals surface area contributed by atoms with Crippen molar-refractivity contribution in [1.82, 2.24) is 0 Å². The van der Waals surface area contributed by atoms with Gasteiger partial charge in [-0.1, -0.05) is 11.6 Å². The number of nitrogens with one attached hydrogen (secondary N) is 1. The lowest BCUT2D eigenvalue weighted by Gasteiger charge is -2.22. The van der Waals surface area contributed by atoms with Crippen molar-refractivity contribution < 1.29 is 9.53 Å². The minimum absolute atomic E-state index is 0.124. The summed E-state index contributed by atoms with van der Waals surface area (Å²) >= 11 is 9.48. The van der Waals surface area contributed by atoms with E-state index in [0.29, 0.717) is 17.3 Å². The molecule has 0 saturated carbocycles. The third-order valence-electron chi connectivity index (χ3n) is 3.20. The van der Waals surface area contributed by atoms with Crippen molar-refractivity contribution >= 4 is 39.1 Å². The molecule has 0 aliphatic carbocycles. The zero-order chi connectivity index (χ0) is 13.3. The number of carbonyl (C=O) groups excluding carboxylic acids is 1. The summed E-state index contributed by atoms with van der Waals surface area (Å²) < 4.78 is 6.33. The van der Waals surface area contributed by atoms with E-state index in [9.17, 15) is 4.79 Å². The molecule has 0 aromatic heterocycles. The van der Waals surface area contributed by atoms with Crippen molar-refractivity contribution in [3.63, 3.8) is 0 Å². The molecule has 1 aliphatic rings. The molecule has 5 heteroatoms. The van der Waals surface area contributed by atoms with Gasteiger partial charge in [0.05, 0.1) is 5.69 Å². The molecule has 1 N–H and O–H groups in total. The number of hydrogen-bond donors (Lipinski definition) is 1. The lowest BCUT2D eigenvalue weighted by molar-refractivity contribution is -0.133. The maximum atomic E-state index is 12.2. The van der Waals surface area contributed by atoms with Crippen LogP contribution in [0.4, 0.5) is 5.69 Å². The molecule has 1 heterocycles. The van der Waals surface area contributed by atoms with Gasteiger partial charge in [-0.05, 0) is 60.3 Å². The highest BCUT2D eigenvalue weighted by Crippen LogP contribution is 2.32. The molecule has 1 unspecified atom stereocenters. The van der Waals surface area contributed by atoms with Crippen LogP contribution < -0.4 is 5.32 Å². The number of carbonyl (C=O) groups is 1. The molecule has 1 fully saturated rings. The van der Waals surface area contributed by atoms with E-state index in [1.54, 1.807) is 6.07 Å². The van der Waals surface area contributed by atoms with E-state index in [1.807, 2.05) is 19.9 Å². The van der Waals surface area contributed by atoms with Crippen molar-refractivity contribution in [2.45, 2.75) is 32.3 Å². The number of amides is 1. The van der Waals surface area contributed by atoms with Crippen LogP contribution in [0.15, 0.2) is 16.6 Å². The topological polar surface area (TPSA) is 38.3 Å². The molecule has 1 aliphatic heterocycles. The third kappa shape index (κ3) is 2.71. The lowest BCUT2D eigenvalue weighted by Crippen LogP contribution is -2.39. The smallest absolute Gasteiger partial charge is 0.256 e. The SMILES string of the molecule is Cc1cc(Br)c(NC(=O)C2(C)CCCO2)cc1Cl. The van der Waals surface area contributed by atoms with Crippen molar-refractivity contribution in [3.8, 4) is 0 Å². The summed E-state index contributed by atoms with van der Waals surface area (Å²) in [5, 5.41) is 3.50. The Morgan fingerprint density at radius 1 is 1.56 bits per heavy atom. The van der Waals surface area contributed by atoms with Gasteiger partial charge in [-0.2, -0.15) is 0 Å². The van der Waals surface area contributed by atoms with Crippen LogP contribution in [0.1, 0.15) is 25.3 Å². The first-order chi connectivity index (χ1) is 8.42. The Morgan fingerprint density at radius 3 is 2.89 bits per heavy atom.